The summed E-state index contributed by atoms with van der Waals surface area (Å²) in [7, 11) is 3.19. The molecule has 122 valence electrons. The summed E-state index contributed by atoms with van der Waals surface area (Å²) in [5.74, 6) is 2.44. The Bertz CT molecular complexity index is 507. The Morgan fingerprint density at radius 1 is 1.27 bits per heavy atom. The normalized spacial score (nSPS) is 18.7. The maximum absolute atomic E-state index is 12.8. The van der Waals surface area contributed by atoms with Crippen LogP contribution in [0.4, 0.5) is 0 Å². The van der Waals surface area contributed by atoms with Crippen LogP contribution in [0, 0.1) is 0 Å². The van der Waals surface area contributed by atoms with Gasteiger partial charge in [-0.3, -0.25) is 4.79 Å². The lowest BCUT2D eigenvalue weighted by Crippen LogP contribution is -2.35. The third kappa shape index (κ3) is 4.09. The fraction of sp³-hybridized carbons (Fsp3) is 0.588. The maximum atomic E-state index is 12.8. The molecule has 1 aromatic carbocycles. The van der Waals surface area contributed by atoms with Crippen molar-refractivity contribution in [1.82, 2.24) is 4.90 Å². The minimum absolute atomic E-state index is 0.0876. The number of amides is 1. The Labute approximate surface area is 137 Å². The van der Waals surface area contributed by atoms with Gasteiger partial charge in [0.15, 0.2) is 11.5 Å². The monoisotopic (exact) mass is 323 g/mol. The lowest BCUT2D eigenvalue weighted by Gasteiger charge is -2.24. The van der Waals surface area contributed by atoms with E-state index in [4.69, 9.17) is 9.47 Å². The largest absolute Gasteiger partial charge is 0.493 e. The second-order valence-corrected chi connectivity index (χ2v) is 6.97. The average Bonchev–Trinajstić information content (AvgIpc) is 2.79. The summed E-state index contributed by atoms with van der Waals surface area (Å²) in [6, 6.07) is 5.38. The van der Waals surface area contributed by atoms with Crippen LogP contribution in [0.25, 0.3) is 0 Å². The lowest BCUT2D eigenvalue weighted by atomic mass is 10.1. The molecule has 0 N–H and O–H groups in total. The van der Waals surface area contributed by atoms with Gasteiger partial charge in [-0.15, -0.1) is 0 Å². The van der Waals surface area contributed by atoms with E-state index in [1.807, 2.05) is 22.7 Å². The van der Waals surface area contributed by atoms with Gasteiger partial charge in [-0.05, 0) is 36.8 Å². The number of hydrogen-bond donors (Lipinski definition) is 0. The second kappa shape index (κ2) is 8.32. The van der Waals surface area contributed by atoms with Gasteiger partial charge in [-0.1, -0.05) is 13.3 Å². The van der Waals surface area contributed by atoms with Crippen LogP contribution in [0.15, 0.2) is 18.2 Å². The molecule has 1 heterocycles. The number of likely N-dealkylation sites (tertiary alicyclic amines) is 1. The molecule has 0 spiro atoms. The number of thioether (sulfide) groups is 1. The second-order valence-electron chi connectivity index (χ2n) is 5.39. The van der Waals surface area contributed by atoms with Crippen molar-refractivity contribution in [2.75, 3.05) is 33.1 Å². The highest BCUT2D eigenvalue weighted by molar-refractivity contribution is 7.99. The van der Waals surface area contributed by atoms with E-state index in [0.29, 0.717) is 22.3 Å². The molecule has 1 fully saturated rings. The summed E-state index contributed by atoms with van der Waals surface area (Å²) in [6.45, 7) is 3.86. The van der Waals surface area contributed by atoms with Crippen molar-refractivity contribution in [1.29, 1.82) is 0 Å². The first-order valence-electron chi connectivity index (χ1n) is 7.82. The average molecular weight is 323 g/mol. The third-order valence-electron chi connectivity index (χ3n) is 3.95. The zero-order valence-corrected chi connectivity index (χ0v) is 14.4. The zero-order chi connectivity index (χ0) is 15.9. The number of carbonyl (C=O) groups excluding carboxylic acids is 1. The van der Waals surface area contributed by atoms with Crippen molar-refractivity contribution in [3.05, 3.63) is 23.8 Å². The van der Waals surface area contributed by atoms with Gasteiger partial charge in [0, 0.05) is 23.9 Å². The molecule has 1 aliphatic heterocycles. The standard InChI is InChI=1S/C17H25NO3S/c1-4-22-14-7-5-6-10-18(12-14)17(19)13-8-9-15(20-2)16(11-13)21-3/h8-9,11,14H,4-7,10,12H2,1-3H3. The molecule has 1 aromatic rings. The quantitative estimate of drug-likeness (QED) is 0.832. The highest BCUT2D eigenvalue weighted by Gasteiger charge is 2.23. The van der Waals surface area contributed by atoms with Gasteiger partial charge in [0.05, 0.1) is 14.2 Å². The minimum atomic E-state index is 0.0876. The van der Waals surface area contributed by atoms with Gasteiger partial charge in [0.1, 0.15) is 0 Å². The summed E-state index contributed by atoms with van der Waals surface area (Å²) in [5, 5.41) is 0.552. The first kappa shape index (κ1) is 17.0. The molecule has 1 atom stereocenters. The van der Waals surface area contributed by atoms with Crippen LogP contribution in [0.2, 0.25) is 0 Å². The molecule has 0 radical (unpaired) electrons. The highest BCUT2D eigenvalue weighted by atomic mass is 32.2. The third-order valence-corrected chi connectivity index (χ3v) is 5.14. The molecule has 4 nitrogen and oxygen atoms in total. The molecule has 0 saturated carbocycles. The van der Waals surface area contributed by atoms with Gasteiger partial charge in [-0.25, -0.2) is 0 Å². The summed E-state index contributed by atoms with van der Waals surface area (Å²) < 4.78 is 10.5. The molecule has 0 bridgehead atoms. The number of hydrogen-bond acceptors (Lipinski definition) is 4. The molecule has 1 unspecified atom stereocenters. The fourth-order valence-electron chi connectivity index (χ4n) is 2.81. The van der Waals surface area contributed by atoms with Crippen LogP contribution in [-0.2, 0) is 0 Å². The predicted molar refractivity (Wildman–Crippen MR) is 91.2 cm³/mol. The van der Waals surface area contributed by atoms with Crippen LogP contribution < -0.4 is 9.47 Å². The number of ether oxygens (including phenoxy) is 2. The lowest BCUT2D eigenvalue weighted by molar-refractivity contribution is 0.0763. The smallest absolute Gasteiger partial charge is 0.254 e. The first-order valence-corrected chi connectivity index (χ1v) is 8.87. The van der Waals surface area contributed by atoms with Crippen LogP contribution in [-0.4, -0.2) is 49.1 Å². The van der Waals surface area contributed by atoms with Crippen LogP contribution in [0.5, 0.6) is 11.5 Å². The summed E-state index contributed by atoms with van der Waals surface area (Å²) in [6.07, 6.45) is 3.49. The van der Waals surface area contributed by atoms with Crippen LogP contribution in [0.1, 0.15) is 36.5 Å². The van der Waals surface area contributed by atoms with Gasteiger partial charge in [-0.2, -0.15) is 11.8 Å². The summed E-state index contributed by atoms with van der Waals surface area (Å²) in [4.78, 5) is 14.8. The van der Waals surface area contributed by atoms with Crippen molar-refractivity contribution in [2.45, 2.75) is 31.4 Å². The van der Waals surface area contributed by atoms with E-state index >= 15 is 0 Å². The van der Waals surface area contributed by atoms with Gasteiger partial charge in [0.2, 0.25) is 0 Å². The van der Waals surface area contributed by atoms with E-state index < -0.39 is 0 Å². The maximum Gasteiger partial charge on any atom is 0.254 e. The minimum Gasteiger partial charge on any atom is -0.493 e. The molecule has 22 heavy (non-hydrogen) atoms. The summed E-state index contributed by atoms with van der Waals surface area (Å²) >= 11 is 1.96. The Morgan fingerprint density at radius 3 is 2.73 bits per heavy atom. The Balaban J connectivity index is 2.15. The Hall–Kier alpha value is -1.36. The first-order chi connectivity index (χ1) is 10.7. The predicted octanol–water partition coefficient (Wildman–Crippen LogP) is 3.45. The molecule has 1 aliphatic rings. The van der Waals surface area contributed by atoms with Crippen molar-refractivity contribution < 1.29 is 14.3 Å². The molecule has 0 aromatic heterocycles. The van der Waals surface area contributed by atoms with E-state index in [-0.39, 0.29) is 5.91 Å². The molecule has 5 heteroatoms. The summed E-state index contributed by atoms with van der Waals surface area (Å²) in [5.41, 5.74) is 0.666. The van der Waals surface area contributed by atoms with Crippen LogP contribution >= 0.6 is 11.8 Å². The van der Waals surface area contributed by atoms with E-state index in [9.17, 15) is 4.79 Å². The number of benzene rings is 1. The van der Waals surface area contributed by atoms with Crippen molar-refractivity contribution >= 4 is 17.7 Å². The zero-order valence-electron chi connectivity index (χ0n) is 13.6. The Morgan fingerprint density at radius 2 is 2.05 bits per heavy atom. The Kier molecular flexibility index (Phi) is 6.43. The van der Waals surface area contributed by atoms with Crippen molar-refractivity contribution in [3.8, 4) is 11.5 Å². The SMILES string of the molecule is CCSC1CCCCN(C(=O)c2ccc(OC)c(OC)c2)C1. The van der Waals surface area contributed by atoms with Crippen molar-refractivity contribution in [2.24, 2.45) is 0 Å². The van der Waals surface area contributed by atoms with Gasteiger partial charge in [0.25, 0.3) is 5.91 Å². The van der Waals surface area contributed by atoms with Gasteiger partial charge >= 0.3 is 0 Å². The number of rotatable bonds is 5. The van der Waals surface area contributed by atoms with Crippen molar-refractivity contribution in [3.63, 3.8) is 0 Å². The fourth-order valence-corrected chi connectivity index (χ4v) is 3.90. The van der Waals surface area contributed by atoms with E-state index in [0.717, 1.165) is 25.3 Å². The topological polar surface area (TPSA) is 38.8 Å². The van der Waals surface area contributed by atoms with E-state index in [2.05, 4.69) is 6.92 Å². The molecular formula is C17H25NO3S. The van der Waals surface area contributed by atoms with Crippen LogP contribution in [0.3, 0.4) is 0 Å². The molecule has 1 saturated heterocycles. The number of nitrogens with zero attached hydrogens (tertiary/aromatic N) is 1. The van der Waals surface area contributed by atoms with E-state index in [1.165, 1.54) is 12.8 Å². The molecular weight excluding hydrogens is 298 g/mol. The number of carbonyl (C=O) groups is 1. The molecule has 1 amide bonds. The van der Waals surface area contributed by atoms with E-state index in [1.54, 1.807) is 26.4 Å². The molecule has 0 aliphatic carbocycles. The highest BCUT2D eigenvalue weighted by Crippen LogP contribution is 2.29. The van der Waals surface area contributed by atoms with Gasteiger partial charge < -0.3 is 14.4 Å². The molecule has 2 rings (SSSR count). The number of methoxy groups -OCH3 is 2.